The maximum absolute atomic E-state index is 5.72. The summed E-state index contributed by atoms with van der Waals surface area (Å²) in [5, 5.41) is 0. The Bertz CT molecular complexity index is 747. The smallest absolute Gasteiger partial charge is 0.0717 e. The molecule has 2 aromatic rings. The summed E-state index contributed by atoms with van der Waals surface area (Å²) in [6.45, 7) is 4.94. The summed E-state index contributed by atoms with van der Waals surface area (Å²) in [6, 6.07) is 16.7. The fourth-order valence-corrected chi connectivity index (χ4v) is 3.07. The number of rotatable bonds is 0. The van der Waals surface area contributed by atoms with Crippen molar-refractivity contribution in [2.45, 2.75) is 52.1 Å². The molecule has 0 fully saturated rings. The minimum atomic E-state index is 0.601. The molecule has 0 amide bonds. The lowest BCUT2D eigenvalue weighted by Crippen LogP contribution is -1.98. The topological polar surface area (TPSA) is 36.9 Å². The number of benzene rings is 2. The summed E-state index contributed by atoms with van der Waals surface area (Å²) in [4.78, 5) is 0. The molecule has 0 atom stereocenters. The zero-order chi connectivity index (χ0) is 22.1. The minimum absolute atomic E-state index is 0.601. The number of ether oxygens (including phenoxy) is 4. The van der Waals surface area contributed by atoms with E-state index in [-0.39, 0.29) is 0 Å². The van der Waals surface area contributed by atoms with Crippen LogP contribution in [0.5, 0.6) is 0 Å². The van der Waals surface area contributed by atoms with Gasteiger partial charge in [-0.25, -0.2) is 0 Å². The summed E-state index contributed by atoms with van der Waals surface area (Å²) in [6.07, 6.45) is 2.94. The Morgan fingerprint density at radius 1 is 0.375 bits per heavy atom. The predicted octanol–water partition coefficient (Wildman–Crippen LogP) is 5.03. The van der Waals surface area contributed by atoms with Gasteiger partial charge in [-0.3, -0.25) is 0 Å². The first-order valence-electron chi connectivity index (χ1n) is 11.3. The highest BCUT2D eigenvalue weighted by atomic mass is 16.5. The minimum Gasteiger partial charge on any atom is -0.376 e. The molecule has 4 bridgehead atoms. The zero-order valence-corrected chi connectivity index (χ0v) is 18.7. The van der Waals surface area contributed by atoms with E-state index in [9.17, 15) is 0 Å². The van der Waals surface area contributed by atoms with E-state index in [0.717, 1.165) is 47.9 Å². The van der Waals surface area contributed by atoms with Crippen molar-refractivity contribution in [1.82, 2.24) is 0 Å². The Hall–Kier alpha value is -2.60. The summed E-state index contributed by atoms with van der Waals surface area (Å²) < 4.78 is 22.9. The van der Waals surface area contributed by atoms with Crippen LogP contribution < -0.4 is 0 Å². The van der Waals surface area contributed by atoms with Gasteiger partial charge in [0.25, 0.3) is 0 Å². The molecule has 0 spiro atoms. The van der Waals surface area contributed by atoms with Crippen LogP contribution in [0.25, 0.3) is 0 Å². The molecule has 4 aliphatic rings. The molecular weight excluding hydrogens is 400 g/mol. The maximum Gasteiger partial charge on any atom is 0.0717 e. The van der Waals surface area contributed by atoms with E-state index < -0.39 is 0 Å². The Morgan fingerprint density at radius 3 is 0.812 bits per heavy atom. The van der Waals surface area contributed by atoms with Crippen LogP contribution in [0.4, 0.5) is 0 Å². The lowest BCUT2D eigenvalue weighted by atomic mass is 10.1. The highest BCUT2D eigenvalue weighted by Gasteiger charge is 1.98. The second kappa shape index (κ2) is 15.2. The largest absolute Gasteiger partial charge is 0.376 e. The lowest BCUT2D eigenvalue weighted by molar-refractivity contribution is 0.123. The van der Waals surface area contributed by atoms with E-state index >= 15 is 0 Å². The molecule has 2 aromatic carbocycles. The number of hydrogen-bond donors (Lipinski definition) is 0. The van der Waals surface area contributed by atoms with Crippen molar-refractivity contribution >= 4 is 0 Å². The molecule has 4 aliphatic heterocycles. The highest BCUT2D eigenvalue weighted by Crippen LogP contribution is 2.09. The van der Waals surface area contributed by atoms with Crippen molar-refractivity contribution in [2.75, 3.05) is 26.4 Å². The third kappa shape index (κ3) is 10.1. The molecule has 32 heavy (non-hydrogen) atoms. The molecule has 0 N–H and O–H groups in total. The molecule has 0 unspecified atom stereocenters. The molecule has 6 rings (SSSR count). The zero-order valence-electron chi connectivity index (χ0n) is 18.7. The molecule has 0 aromatic heterocycles. The molecule has 0 radical (unpaired) electrons. The first-order chi connectivity index (χ1) is 15.9. The van der Waals surface area contributed by atoms with Gasteiger partial charge in [-0.1, -0.05) is 48.5 Å². The molecule has 4 nitrogen and oxygen atoms in total. The first kappa shape index (κ1) is 24.1. The van der Waals surface area contributed by atoms with Crippen LogP contribution in [0.3, 0.4) is 0 Å². The van der Waals surface area contributed by atoms with E-state index in [1.165, 1.54) is 0 Å². The van der Waals surface area contributed by atoms with Gasteiger partial charge < -0.3 is 18.9 Å². The molecule has 0 saturated heterocycles. The van der Waals surface area contributed by atoms with Gasteiger partial charge in [0, 0.05) is 25.7 Å². The van der Waals surface area contributed by atoms with E-state index in [4.69, 9.17) is 18.9 Å². The van der Waals surface area contributed by atoms with Crippen LogP contribution in [0.2, 0.25) is 0 Å². The highest BCUT2D eigenvalue weighted by molar-refractivity contribution is 5.22. The Labute approximate surface area is 192 Å². The van der Waals surface area contributed by atoms with Gasteiger partial charge in [0.15, 0.2) is 0 Å². The van der Waals surface area contributed by atoms with Gasteiger partial charge >= 0.3 is 0 Å². The lowest BCUT2D eigenvalue weighted by Gasteiger charge is -2.06. The molecule has 0 saturated carbocycles. The third-order valence-electron chi connectivity index (χ3n) is 4.86. The Kier molecular flexibility index (Phi) is 11.5. The number of hydrogen-bond acceptors (Lipinski definition) is 4. The average Bonchev–Trinajstić information content (AvgIpc) is 2.82. The summed E-state index contributed by atoms with van der Waals surface area (Å²) in [5.74, 6) is 12.6. The Morgan fingerprint density at radius 2 is 0.594 bits per heavy atom. The molecule has 4 heteroatoms. The van der Waals surface area contributed by atoms with Crippen LogP contribution in [0.15, 0.2) is 48.5 Å². The van der Waals surface area contributed by atoms with E-state index in [1.807, 2.05) is 0 Å². The van der Waals surface area contributed by atoms with Crippen LogP contribution in [-0.4, -0.2) is 26.4 Å². The van der Waals surface area contributed by atoms with Gasteiger partial charge in [-0.2, -0.15) is 0 Å². The molecule has 168 valence electrons. The summed E-state index contributed by atoms with van der Waals surface area (Å²) >= 11 is 0. The van der Waals surface area contributed by atoms with Crippen molar-refractivity contribution in [2.24, 2.45) is 0 Å². The monoisotopic (exact) mass is 432 g/mol. The summed E-state index contributed by atoms with van der Waals surface area (Å²) in [7, 11) is 0. The van der Waals surface area contributed by atoms with Crippen LogP contribution in [-0.2, 0) is 45.4 Å². The van der Waals surface area contributed by atoms with Crippen LogP contribution in [0, 0.1) is 23.7 Å². The van der Waals surface area contributed by atoms with Crippen molar-refractivity contribution < 1.29 is 18.9 Å². The van der Waals surface area contributed by atoms with E-state index in [1.54, 1.807) is 0 Å². The summed E-state index contributed by atoms with van der Waals surface area (Å²) in [5.41, 5.74) is 4.63. The fraction of sp³-hybridized carbons (Fsp3) is 0.429. The quantitative estimate of drug-likeness (QED) is 0.547. The van der Waals surface area contributed by atoms with Crippen molar-refractivity contribution in [3.63, 3.8) is 0 Å². The SMILES string of the molecule is C1#CCCOCc2ccc(cc2)COCCC#CCCOCc2ccc(cc2)COCC1. The first-order valence-corrected chi connectivity index (χ1v) is 11.3. The van der Waals surface area contributed by atoms with Crippen molar-refractivity contribution in [1.29, 1.82) is 0 Å². The second-order valence-electron chi connectivity index (χ2n) is 7.55. The fourth-order valence-electron chi connectivity index (χ4n) is 3.07. The van der Waals surface area contributed by atoms with E-state index in [0.29, 0.717) is 52.9 Å². The normalized spacial score (nSPS) is 17.2. The van der Waals surface area contributed by atoms with Crippen LogP contribution in [0.1, 0.15) is 47.9 Å². The van der Waals surface area contributed by atoms with Gasteiger partial charge in [0.05, 0.1) is 52.9 Å². The standard InChI is InChI=1S/C28H32O4/c1-2-6-18-30-22-26-13-15-28(16-14-26)24-32-20-8-4-3-7-19-31-23-27-11-9-25(10-12-27)21-29-17-5-1/h9-16H,5-8,17-24H2. The second-order valence-corrected chi connectivity index (χ2v) is 7.55. The van der Waals surface area contributed by atoms with Crippen molar-refractivity contribution in [3.8, 4) is 23.7 Å². The average molecular weight is 433 g/mol. The maximum atomic E-state index is 5.72. The predicted molar refractivity (Wildman–Crippen MR) is 126 cm³/mol. The molecule has 4 heterocycles. The molecular formula is C28H32O4. The van der Waals surface area contributed by atoms with Crippen LogP contribution >= 0.6 is 0 Å². The van der Waals surface area contributed by atoms with Gasteiger partial charge in [-0.15, -0.1) is 23.7 Å². The van der Waals surface area contributed by atoms with E-state index in [2.05, 4.69) is 72.2 Å². The van der Waals surface area contributed by atoms with Crippen molar-refractivity contribution in [3.05, 3.63) is 70.8 Å². The van der Waals surface area contributed by atoms with Gasteiger partial charge in [0.1, 0.15) is 0 Å². The van der Waals surface area contributed by atoms with Gasteiger partial charge in [0.2, 0.25) is 0 Å². The van der Waals surface area contributed by atoms with Gasteiger partial charge in [-0.05, 0) is 22.3 Å². The Balaban J connectivity index is 1.46. The third-order valence-corrected chi connectivity index (χ3v) is 4.86. The molecule has 0 aliphatic carbocycles.